The summed E-state index contributed by atoms with van der Waals surface area (Å²) in [6.07, 6.45) is 2.58. The number of alkyl halides is 2. The standard InChI is InChI=1S/C19H17F2NO5S/c1-26-16-10-12(2-8-15(16)23)3-9-18(25)27-11-17(24)22-13-4-6-14(7-5-13)28-19(20)21/h2-10,19,23H,11H2,1H3,(H,22,24). The Morgan fingerprint density at radius 2 is 1.93 bits per heavy atom. The van der Waals surface area contributed by atoms with Crippen LogP contribution in [0.25, 0.3) is 6.08 Å². The minimum atomic E-state index is -2.52. The number of aromatic hydroxyl groups is 1. The molecule has 0 unspecified atom stereocenters. The van der Waals surface area contributed by atoms with Gasteiger partial charge in [0, 0.05) is 16.7 Å². The Morgan fingerprint density at radius 3 is 2.57 bits per heavy atom. The number of ether oxygens (including phenoxy) is 2. The number of hydrogen-bond donors (Lipinski definition) is 2. The van der Waals surface area contributed by atoms with Gasteiger partial charge in [-0.15, -0.1) is 0 Å². The number of carbonyl (C=O) groups excluding carboxylic acids is 2. The number of methoxy groups -OCH3 is 1. The molecule has 0 aliphatic carbocycles. The number of rotatable bonds is 8. The molecule has 0 radical (unpaired) electrons. The van der Waals surface area contributed by atoms with E-state index in [1.165, 1.54) is 49.6 Å². The fourth-order valence-corrected chi connectivity index (χ4v) is 2.56. The summed E-state index contributed by atoms with van der Waals surface area (Å²) in [6.45, 7) is -0.504. The smallest absolute Gasteiger partial charge is 0.331 e. The Bertz CT molecular complexity index is 856. The first kappa shape index (κ1) is 21.2. The van der Waals surface area contributed by atoms with Gasteiger partial charge in [0.25, 0.3) is 11.7 Å². The number of phenols is 1. The van der Waals surface area contributed by atoms with E-state index in [0.717, 1.165) is 6.08 Å². The normalized spacial score (nSPS) is 10.9. The summed E-state index contributed by atoms with van der Waals surface area (Å²) in [5, 5.41) is 12.0. The largest absolute Gasteiger partial charge is 0.504 e. The number of carbonyl (C=O) groups is 2. The Balaban J connectivity index is 1.81. The molecule has 0 aliphatic rings. The molecule has 2 rings (SSSR count). The van der Waals surface area contributed by atoms with Gasteiger partial charge >= 0.3 is 5.97 Å². The molecular formula is C19H17F2NO5S. The lowest BCUT2D eigenvalue weighted by molar-refractivity contribution is -0.142. The maximum Gasteiger partial charge on any atom is 0.331 e. The van der Waals surface area contributed by atoms with Crippen LogP contribution < -0.4 is 10.1 Å². The van der Waals surface area contributed by atoms with Gasteiger partial charge in [0.2, 0.25) is 0 Å². The lowest BCUT2D eigenvalue weighted by Crippen LogP contribution is -2.20. The minimum absolute atomic E-state index is 0.0280. The average Bonchev–Trinajstić information content (AvgIpc) is 2.67. The zero-order chi connectivity index (χ0) is 20.5. The summed E-state index contributed by atoms with van der Waals surface area (Å²) in [5.74, 6) is -3.59. The summed E-state index contributed by atoms with van der Waals surface area (Å²) in [5.41, 5.74) is 0.990. The van der Waals surface area contributed by atoms with E-state index < -0.39 is 24.2 Å². The zero-order valence-electron chi connectivity index (χ0n) is 14.7. The molecule has 9 heteroatoms. The molecule has 2 aromatic carbocycles. The predicted molar refractivity (Wildman–Crippen MR) is 102 cm³/mol. The predicted octanol–water partition coefficient (Wildman–Crippen LogP) is 3.91. The van der Waals surface area contributed by atoms with Crippen LogP contribution in [0, 0.1) is 0 Å². The van der Waals surface area contributed by atoms with E-state index in [2.05, 4.69) is 5.32 Å². The summed E-state index contributed by atoms with van der Waals surface area (Å²) in [6, 6.07) is 10.4. The van der Waals surface area contributed by atoms with Gasteiger partial charge in [-0.3, -0.25) is 4.79 Å². The van der Waals surface area contributed by atoms with Crippen molar-refractivity contribution in [1.82, 2.24) is 0 Å². The molecule has 148 valence electrons. The van der Waals surface area contributed by atoms with Gasteiger partial charge in [-0.1, -0.05) is 17.8 Å². The van der Waals surface area contributed by atoms with Crippen molar-refractivity contribution in [2.75, 3.05) is 19.0 Å². The quantitative estimate of drug-likeness (QED) is 0.391. The molecule has 28 heavy (non-hydrogen) atoms. The lowest BCUT2D eigenvalue weighted by atomic mass is 10.2. The highest BCUT2D eigenvalue weighted by Gasteiger charge is 2.08. The van der Waals surface area contributed by atoms with Gasteiger partial charge in [-0.25, -0.2) is 4.79 Å². The molecular weight excluding hydrogens is 392 g/mol. The third-order valence-corrected chi connectivity index (χ3v) is 4.05. The van der Waals surface area contributed by atoms with Crippen LogP contribution in [-0.2, 0) is 14.3 Å². The molecule has 0 atom stereocenters. The van der Waals surface area contributed by atoms with Gasteiger partial charge in [0.15, 0.2) is 18.1 Å². The Kier molecular flexibility index (Phi) is 7.82. The highest BCUT2D eigenvalue weighted by molar-refractivity contribution is 7.99. The van der Waals surface area contributed by atoms with Gasteiger partial charge in [0.1, 0.15) is 0 Å². The summed E-state index contributed by atoms with van der Waals surface area (Å²) in [4.78, 5) is 23.9. The van der Waals surface area contributed by atoms with Crippen LogP contribution in [0.4, 0.5) is 14.5 Å². The van der Waals surface area contributed by atoms with Crippen LogP contribution in [0.15, 0.2) is 53.4 Å². The second kappa shape index (κ2) is 10.3. The SMILES string of the molecule is COc1cc(C=CC(=O)OCC(=O)Nc2ccc(SC(F)F)cc2)ccc1O. The molecule has 0 fully saturated rings. The average molecular weight is 409 g/mol. The molecule has 1 amide bonds. The second-order valence-corrected chi connectivity index (χ2v) is 6.39. The highest BCUT2D eigenvalue weighted by Crippen LogP contribution is 2.27. The topological polar surface area (TPSA) is 84.9 Å². The number of phenolic OH excluding ortho intramolecular Hbond substituents is 1. The van der Waals surface area contributed by atoms with E-state index in [-0.39, 0.29) is 11.5 Å². The van der Waals surface area contributed by atoms with Crippen LogP contribution in [0.5, 0.6) is 11.5 Å². The van der Waals surface area contributed by atoms with Gasteiger partial charge in [-0.05, 0) is 48.0 Å². The summed E-state index contributed by atoms with van der Waals surface area (Å²) >= 11 is 0.402. The molecule has 0 saturated carbocycles. The van der Waals surface area contributed by atoms with Crippen molar-refractivity contribution in [3.8, 4) is 11.5 Å². The molecule has 6 nitrogen and oxygen atoms in total. The van der Waals surface area contributed by atoms with Crippen molar-refractivity contribution < 1.29 is 33.0 Å². The fraction of sp³-hybridized carbons (Fsp3) is 0.158. The molecule has 0 aromatic heterocycles. The Labute approximate surface area is 164 Å². The molecule has 0 spiro atoms. The van der Waals surface area contributed by atoms with E-state index >= 15 is 0 Å². The number of amides is 1. The number of nitrogens with one attached hydrogen (secondary N) is 1. The van der Waals surface area contributed by atoms with Crippen LogP contribution in [0.3, 0.4) is 0 Å². The lowest BCUT2D eigenvalue weighted by Gasteiger charge is -2.06. The van der Waals surface area contributed by atoms with Gasteiger partial charge in [-0.2, -0.15) is 8.78 Å². The van der Waals surface area contributed by atoms with E-state index in [4.69, 9.17) is 9.47 Å². The number of halogens is 2. The van der Waals surface area contributed by atoms with E-state index in [1.807, 2.05) is 0 Å². The van der Waals surface area contributed by atoms with Gasteiger partial charge < -0.3 is 19.9 Å². The number of thioether (sulfide) groups is 1. The number of benzene rings is 2. The molecule has 2 N–H and O–H groups in total. The van der Waals surface area contributed by atoms with Gasteiger partial charge in [0.05, 0.1) is 7.11 Å². The number of esters is 1. The molecule has 0 aliphatic heterocycles. The van der Waals surface area contributed by atoms with Crippen molar-refractivity contribution >= 4 is 35.4 Å². The Morgan fingerprint density at radius 1 is 1.21 bits per heavy atom. The van der Waals surface area contributed by atoms with E-state index in [0.29, 0.717) is 27.9 Å². The molecule has 0 bridgehead atoms. The summed E-state index contributed by atoms with van der Waals surface area (Å²) in [7, 11) is 1.40. The van der Waals surface area contributed by atoms with Crippen LogP contribution in [0.1, 0.15) is 5.56 Å². The second-order valence-electron chi connectivity index (χ2n) is 5.32. The zero-order valence-corrected chi connectivity index (χ0v) is 15.5. The first-order chi connectivity index (χ1) is 13.4. The van der Waals surface area contributed by atoms with Crippen LogP contribution in [0.2, 0.25) is 0 Å². The Hall–Kier alpha value is -3.07. The highest BCUT2D eigenvalue weighted by atomic mass is 32.2. The van der Waals surface area contributed by atoms with Crippen LogP contribution >= 0.6 is 11.8 Å². The maximum atomic E-state index is 12.3. The summed E-state index contributed by atoms with van der Waals surface area (Å²) < 4.78 is 34.3. The minimum Gasteiger partial charge on any atom is -0.504 e. The molecule has 2 aromatic rings. The third-order valence-electron chi connectivity index (χ3n) is 3.32. The van der Waals surface area contributed by atoms with E-state index in [1.54, 1.807) is 6.07 Å². The van der Waals surface area contributed by atoms with Crippen LogP contribution in [-0.4, -0.2) is 36.5 Å². The van der Waals surface area contributed by atoms with Crippen molar-refractivity contribution in [3.63, 3.8) is 0 Å². The molecule has 0 saturated heterocycles. The van der Waals surface area contributed by atoms with Crippen molar-refractivity contribution in [1.29, 1.82) is 0 Å². The maximum absolute atomic E-state index is 12.3. The first-order valence-electron chi connectivity index (χ1n) is 7.94. The first-order valence-corrected chi connectivity index (χ1v) is 8.82. The van der Waals surface area contributed by atoms with Crippen molar-refractivity contribution in [2.24, 2.45) is 0 Å². The van der Waals surface area contributed by atoms with Crippen molar-refractivity contribution in [3.05, 3.63) is 54.1 Å². The van der Waals surface area contributed by atoms with Crippen molar-refractivity contribution in [2.45, 2.75) is 10.7 Å². The third kappa shape index (κ3) is 6.92. The molecule has 0 heterocycles. The fourth-order valence-electron chi connectivity index (χ4n) is 2.06. The van der Waals surface area contributed by atoms with E-state index in [9.17, 15) is 23.5 Å². The monoisotopic (exact) mass is 409 g/mol. The number of hydrogen-bond acceptors (Lipinski definition) is 6. The number of anilines is 1.